The Morgan fingerprint density at radius 1 is 1.38 bits per heavy atom. The van der Waals surface area contributed by atoms with Crippen LogP contribution in [0, 0.1) is 11.3 Å². The van der Waals surface area contributed by atoms with Crippen LogP contribution in [0.4, 0.5) is 5.69 Å². The minimum absolute atomic E-state index is 0.0767. The quantitative estimate of drug-likeness (QED) is 0.847. The SMILES string of the molecule is CC1(C)CCCC1C(=O)N(CCC(N)=S)c1ccccc1. The molecular formula is C17H24N2OS. The van der Waals surface area contributed by atoms with Crippen molar-refractivity contribution in [2.75, 3.05) is 11.4 Å². The van der Waals surface area contributed by atoms with Crippen molar-refractivity contribution in [1.82, 2.24) is 0 Å². The molecule has 1 fully saturated rings. The van der Waals surface area contributed by atoms with E-state index >= 15 is 0 Å². The summed E-state index contributed by atoms with van der Waals surface area (Å²) in [4.78, 5) is 15.3. The standard InChI is InChI=1S/C17H24N2OS/c1-17(2)11-6-9-14(17)16(20)19(12-10-15(18)21)13-7-4-3-5-8-13/h3-5,7-8,14H,6,9-12H2,1-2H3,(H2,18,21). The van der Waals surface area contributed by atoms with E-state index in [-0.39, 0.29) is 17.2 Å². The number of hydrogen-bond acceptors (Lipinski definition) is 2. The molecule has 0 aliphatic heterocycles. The molecule has 2 N–H and O–H groups in total. The molecule has 1 aromatic rings. The molecule has 0 radical (unpaired) electrons. The lowest BCUT2D eigenvalue weighted by Crippen LogP contribution is -2.41. The van der Waals surface area contributed by atoms with E-state index in [2.05, 4.69) is 13.8 Å². The molecule has 4 heteroatoms. The third-order valence-corrected chi connectivity index (χ3v) is 4.68. The van der Waals surface area contributed by atoms with Crippen molar-refractivity contribution in [2.45, 2.75) is 39.5 Å². The van der Waals surface area contributed by atoms with Gasteiger partial charge in [0.1, 0.15) is 0 Å². The molecule has 3 nitrogen and oxygen atoms in total. The van der Waals surface area contributed by atoms with Gasteiger partial charge in [0.25, 0.3) is 0 Å². The summed E-state index contributed by atoms with van der Waals surface area (Å²) < 4.78 is 0. The summed E-state index contributed by atoms with van der Waals surface area (Å²) in [5.41, 5.74) is 6.63. The molecule has 1 unspecified atom stereocenters. The Kier molecular flexibility index (Phi) is 4.99. The molecule has 0 heterocycles. The second-order valence-corrected chi connectivity index (χ2v) is 7.00. The van der Waals surface area contributed by atoms with Crippen molar-refractivity contribution < 1.29 is 4.79 Å². The van der Waals surface area contributed by atoms with Crippen LogP contribution >= 0.6 is 12.2 Å². The number of thiocarbonyl (C=S) groups is 1. The topological polar surface area (TPSA) is 46.3 Å². The number of nitrogens with two attached hydrogens (primary N) is 1. The Morgan fingerprint density at radius 2 is 2.05 bits per heavy atom. The molecule has 114 valence electrons. The van der Waals surface area contributed by atoms with E-state index in [1.807, 2.05) is 35.2 Å². The predicted octanol–water partition coefficient (Wildman–Crippen LogP) is 3.52. The Balaban J connectivity index is 2.22. The second kappa shape index (κ2) is 6.56. The van der Waals surface area contributed by atoms with Crippen molar-refractivity contribution in [3.05, 3.63) is 30.3 Å². The van der Waals surface area contributed by atoms with E-state index in [4.69, 9.17) is 18.0 Å². The van der Waals surface area contributed by atoms with Crippen molar-refractivity contribution in [2.24, 2.45) is 17.1 Å². The smallest absolute Gasteiger partial charge is 0.230 e. The van der Waals surface area contributed by atoms with E-state index < -0.39 is 0 Å². The lowest BCUT2D eigenvalue weighted by molar-refractivity contribution is -0.124. The Hall–Kier alpha value is -1.42. The number of nitrogens with zero attached hydrogens (tertiary/aromatic N) is 1. The molecule has 21 heavy (non-hydrogen) atoms. The van der Waals surface area contributed by atoms with Gasteiger partial charge in [-0.2, -0.15) is 0 Å². The van der Waals surface area contributed by atoms with E-state index in [1.165, 1.54) is 0 Å². The highest BCUT2D eigenvalue weighted by atomic mass is 32.1. The normalized spacial score (nSPS) is 20.2. The van der Waals surface area contributed by atoms with Crippen molar-refractivity contribution in [1.29, 1.82) is 0 Å². The molecule has 1 amide bonds. The minimum Gasteiger partial charge on any atom is -0.393 e. The summed E-state index contributed by atoms with van der Waals surface area (Å²) in [5, 5.41) is 0. The van der Waals surface area contributed by atoms with Crippen LogP contribution in [0.5, 0.6) is 0 Å². The third-order valence-electron chi connectivity index (χ3n) is 4.47. The maximum Gasteiger partial charge on any atom is 0.230 e. The van der Waals surface area contributed by atoms with Crippen LogP contribution in [-0.4, -0.2) is 17.4 Å². The second-order valence-electron chi connectivity index (χ2n) is 6.48. The van der Waals surface area contributed by atoms with Gasteiger partial charge in [0.15, 0.2) is 0 Å². The molecule has 1 aliphatic rings. The average Bonchev–Trinajstić information content (AvgIpc) is 2.79. The van der Waals surface area contributed by atoms with Gasteiger partial charge in [-0.05, 0) is 30.4 Å². The van der Waals surface area contributed by atoms with Gasteiger partial charge in [0.05, 0.1) is 4.99 Å². The summed E-state index contributed by atoms with van der Waals surface area (Å²) in [5.74, 6) is 0.295. The van der Waals surface area contributed by atoms with Gasteiger partial charge >= 0.3 is 0 Å². The van der Waals surface area contributed by atoms with Gasteiger partial charge in [-0.15, -0.1) is 0 Å². The van der Waals surface area contributed by atoms with Crippen molar-refractivity contribution in [3.63, 3.8) is 0 Å². The molecule has 1 atom stereocenters. The van der Waals surface area contributed by atoms with Crippen LogP contribution in [0.1, 0.15) is 39.5 Å². The first-order valence-corrected chi connectivity index (χ1v) is 7.97. The van der Waals surface area contributed by atoms with Gasteiger partial charge in [0, 0.05) is 24.6 Å². The maximum absolute atomic E-state index is 13.0. The zero-order valence-corrected chi connectivity index (χ0v) is 13.7. The highest BCUT2D eigenvalue weighted by Gasteiger charge is 2.41. The molecule has 1 saturated carbocycles. The summed E-state index contributed by atoms with van der Waals surface area (Å²) in [6.07, 6.45) is 3.77. The summed E-state index contributed by atoms with van der Waals surface area (Å²) in [6.45, 7) is 4.95. The van der Waals surface area contributed by atoms with Crippen LogP contribution < -0.4 is 10.6 Å². The van der Waals surface area contributed by atoms with Crippen molar-refractivity contribution in [3.8, 4) is 0 Å². The molecule has 0 spiro atoms. The first kappa shape index (κ1) is 16.0. The fourth-order valence-corrected chi connectivity index (χ4v) is 3.26. The van der Waals surface area contributed by atoms with Crippen LogP contribution in [0.25, 0.3) is 0 Å². The number of hydrogen-bond donors (Lipinski definition) is 1. The molecule has 2 rings (SSSR count). The van der Waals surface area contributed by atoms with Gasteiger partial charge in [0.2, 0.25) is 5.91 Å². The highest BCUT2D eigenvalue weighted by molar-refractivity contribution is 7.80. The fourth-order valence-electron chi connectivity index (χ4n) is 3.17. The number of amides is 1. The van der Waals surface area contributed by atoms with Gasteiger partial charge in [-0.3, -0.25) is 4.79 Å². The van der Waals surface area contributed by atoms with E-state index in [0.717, 1.165) is 24.9 Å². The Bertz CT molecular complexity index is 513. The van der Waals surface area contributed by atoms with E-state index in [0.29, 0.717) is 18.0 Å². The number of carbonyl (C=O) groups excluding carboxylic acids is 1. The molecule has 0 saturated heterocycles. The largest absolute Gasteiger partial charge is 0.393 e. The molecule has 1 aromatic carbocycles. The van der Waals surface area contributed by atoms with E-state index in [9.17, 15) is 4.79 Å². The van der Waals surface area contributed by atoms with Crippen molar-refractivity contribution >= 4 is 28.8 Å². The van der Waals surface area contributed by atoms with Gasteiger partial charge in [-0.25, -0.2) is 0 Å². The number of para-hydroxylation sites is 1. The van der Waals surface area contributed by atoms with Gasteiger partial charge < -0.3 is 10.6 Å². The zero-order valence-electron chi connectivity index (χ0n) is 12.8. The van der Waals surface area contributed by atoms with Crippen LogP contribution in [-0.2, 0) is 4.79 Å². The van der Waals surface area contributed by atoms with Crippen LogP contribution in [0.2, 0.25) is 0 Å². The van der Waals surface area contributed by atoms with Gasteiger partial charge in [-0.1, -0.05) is 50.7 Å². The fraction of sp³-hybridized carbons (Fsp3) is 0.529. The monoisotopic (exact) mass is 304 g/mol. The highest BCUT2D eigenvalue weighted by Crippen LogP contribution is 2.43. The minimum atomic E-state index is 0.0767. The predicted molar refractivity (Wildman–Crippen MR) is 91.3 cm³/mol. The molecule has 1 aliphatic carbocycles. The lowest BCUT2D eigenvalue weighted by Gasteiger charge is -2.32. The number of anilines is 1. The molecule has 0 aromatic heterocycles. The first-order valence-electron chi connectivity index (χ1n) is 7.56. The molecule has 0 bridgehead atoms. The molecular weight excluding hydrogens is 280 g/mol. The first-order chi connectivity index (χ1) is 9.92. The Labute approximate surface area is 132 Å². The van der Waals surface area contributed by atoms with Crippen LogP contribution in [0.15, 0.2) is 30.3 Å². The number of rotatable bonds is 5. The summed E-state index contributed by atoms with van der Waals surface area (Å²) in [6, 6.07) is 9.81. The van der Waals surface area contributed by atoms with E-state index in [1.54, 1.807) is 0 Å². The summed E-state index contributed by atoms with van der Waals surface area (Å²) >= 11 is 4.97. The number of benzene rings is 1. The Morgan fingerprint density at radius 3 is 2.57 bits per heavy atom. The zero-order chi connectivity index (χ0) is 15.5. The third kappa shape index (κ3) is 3.82. The number of carbonyl (C=O) groups is 1. The summed E-state index contributed by atoms with van der Waals surface area (Å²) in [7, 11) is 0. The maximum atomic E-state index is 13.0. The lowest BCUT2D eigenvalue weighted by atomic mass is 9.81. The average molecular weight is 304 g/mol. The van der Waals surface area contributed by atoms with Crippen LogP contribution in [0.3, 0.4) is 0 Å².